The van der Waals surface area contributed by atoms with E-state index in [4.69, 9.17) is 9.84 Å². The maximum absolute atomic E-state index is 13.0. The highest BCUT2D eigenvalue weighted by atomic mass is 32.1. The summed E-state index contributed by atoms with van der Waals surface area (Å²) in [6.45, 7) is 5.03. The summed E-state index contributed by atoms with van der Waals surface area (Å²) in [6.07, 6.45) is -1.82. The molecule has 206 valence electrons. The van der Waals surface area contributed by atoms with Crippen LogP contribution in [0, 0.1) is 5.92 Å². The van der Waals surface area contributed by atoms with Crippen LogP contribution in [0.3, 0.4) is 0 Å². The number of hydrogen-bond donors (Lipinski definition) is 5. The number of ether oxygens (including phenoxy) is 1. The quantitative estimate of drug-likeness (QED) is 0.232. The van der Waals surface area contributed by atoms with Gasteiger partial charge >= 0.3 is 11.9 Å². The smallest absolute Gasteiger partial charge is 0.308 e. The minimum Gasteiger partial charge on any atom is -0.481 e. The molecule has 1 aromatic rings. The van der Waals surface area contributed by atoms with E-state index < -0.39 is 66.4 Å². The molecule has 0 aliphatic carbocycles. The zero-order chi connectivity index (χ0) is 27.5. The predicted molar refractivity (Wildman–Crippen MR) is 133 cm³/mol. The molecule has 2 heterocycles. The van der Waals surface area contributed by atoms with E-state index in [9.17, 15) is 29.1 Å². The second kappa shape index (κ2) is 14.6. The van der Waals surface area contributed by atoms with Gasteiger partial charge in [0.15, 0.2) is 0 Å². The van der Waals surface area contributed by atoms with Crippen molar-refractivity contribution < 1.29 is 38.9 Å². The fraction of sp³-hybridized carbons (Fsp3) is 0.667. The van der Waals surface area contributed by atoms with E-state index in [0.717, 1.165) is 0 Å². The number of hydrogen-bond acceptors (Lipinski definition) is 9. The van der Waals surface area contributed by atoms with Crippen molar-refractivity contribution in [1.29, 1.82) is 0 Å². The first-order chi connectivity index (χ1) is 17.5. The van der Waals surface area contributed by atoms with Crippen LogP contribution in [-0.4, -0.2) is 75.2 Å². The SMILES string of the molecule is CC1NC(=O)C(Cc2cscn2)NC(=O)CC(CCCCC(=O)O)OC(=O)CC(O)C(C(C)C)NC1=O. The highest BCUT2D eigenvalue weighted by Crippen LogP contribution is 2.16. The molecule has 1 aliphatic heterocycles. The number of carboxylic acid groups (broad SMARTS) is 1. The van der Waals surface area contributed by atoms with E-state index >= 15 is 0 Å². The second-order valence-corrected chi connectivity index (χ2v) is 10.3. The van der Waals surface area contributed by atoms with Crippen LogP contribution < -0.4 is 16.0 Å². The molecule has 3 amide bonds. The zero-order valence-corrected chi connectivity index (χ0v) is 22.1. The topological polar surface area (TPSA) is 184 Å². The van der Waals surface area contributed by atoms with Crippen molar-refractivity contribution in [2.24, 2.45) is 5.92 Å². The number of carbonyl (C=O) groups is 5. The molecule has 37 heavy (non-hydrogen) atoms. The van der Waals surface area contributed by atoms with Crippen molar-refractivity contribution in [2.75, 3.05) is 0 Å². The summed E-state index contributed by atoms with van der Waals surface area (Å²) in [5.74, 6) is -3.64. The second-order valence-electron chi connectivity index (χ2n) is 9.54. The molecule has 1 aliphatic rings. The van der Waals surface area contributed by atoms with Crippen LogP contribution in [-0.2, 0) is 35.1 Å². The number of thiazole rings is 1. The van der Waals surface area contributed by atoms with Gasteiger partial charge in [0.05, 0.1) is 36.2 Å². The summed E-state index contributed by atoms with van der Waals surface area (Å²) in [4.78, 5) is 66.3. The number of cyclic esters (lactones) is 1. The maximum Gasteiger partial charge on any atom is 0.308 e. The third-order valence-corrected chi connectivity index (χ3v) is 6.63. The molecule has 1 fully saturated rings. The molecule has 0 spiro atoms. The summed E-state index contributed by atoms with van der Waals surface area (Å²) in [7, 11) is 0. The van der Waals surface area contributed by atoms with Gasteiger partial charge in [-0.25, -0.2) is 4.98 Å². The van der Waals surface area contributed by atoms with Gasteiger partial charge in [0, 0.05) is 18.2 Å². The van der Waals surface area contributed by atoms with Gasteiger partial charge in [0.1, 0.15) is 18.2 Å². The van der Waals surface area contributed by atoms with Crippen molar-refractivity contribution in [2.45, 2.75) is 96.1 Å². The van der Waals surface area contributed by atoms with E-state index in [0.29, 0.717) is 18.5 Å². The fourth-order valence-electron chi connectivity index (χ4n) is 3.98. The van der Waals surface area contributed by atoms with Crippen LogP contribution >= 0.6 is 11.3 Å². The number of rotatable bonds is 8. The van der Waals surface area contributed by atoms with Crippen molar-refractivity contribution in [3.63, 3.8) is 0 Å². The Morgan fingerprint density at radius 3 is 2.49 bits per heavy atom. The Balaban J connectivity index is 2.28. The zero-order valence-electron chi connectivity index (χ0n) is 21.3. The Bertz CT molecular complexity index is 939. The number of carboxylic acids is 1. The van der Waals surface area contributed by atoms with Gasteiger partial charge in [-0.3, -0.25) is 24.0 Å². The summed E-state index contributed by atoms with van der Waals surface area (Å²) >= 11 is 1.34. The molecule has 12 nitrogen and oxygen atoms in total. The minimum absolute atomic E-state index is 0.0601. The Morgan fingerprint density at radius 2 is 1.86 bits per heavy atom. The van der Waals surface area contributed by atoms with Crippen molar-refractivity contribution >= 4 is 41.0 Å². The van der Waals surface area contributed by atoms with Crippen molar-refractivity contribution in [3.8, 4) is 0 Å². The van der Waals surface area contributed by atoms with Crippen LogP contribution in [0.5, 0.6) is 0 Å². The lowest BCUT2D eigenvalue weighted by atomic mass is 9.96. The van der Waals surface area contributed by atoms with Crippen LogP contribution in [0.1, 0.15) is 65.0 Å². The number of carbonyl (C=O) groups excluding carboxylic acids is 4. The van der Waals surface area contributed by atoms with Gasteiger partial charge in [0.25, 0.3) is 0 Å². The van der Waals surface area contributed by atoms with E-state index in [-0.39, 0.29) is 31.6 Å². The van der Waals surface area contributed by atoms with Gasteiger partial charge in [-0.05, 0) is 32.1 Å². The molecule has 0 bridgehead atoms. The average Bonchev–Trinajstić information content (AvgIpc) is 3.31. The van der Waals surface area contributed by atoms with Crippen LogP contribution in [0.15, 0.2) is 10.9 Å². The van der Waals surface area contributed by atoms with Crippen molar-refractivity contribution in [1.82, 2.24) is 20.9 Å². The van der Waals surface area contributed by atoms with Gasteiger partial charge in [-0.2, -0.15) is 0 Å². The number of aromatic nitrogens is 1. The molecule has 5 N–H and O–H groups in total. The van der Waals surface area contributed by atoms with Gasteiger partial charge < -0.3 is 30.9 Å². The molecule has 5 unspecified atom stereocenters. The molecular formula is C24H36N4O8S. The Morgan fingerprint density at radius 1 is 1.14 bits per heavy atom. The number of esters is 1. The number of nitrogens with zero attached hydrogens (tertiary/aromatic N) is 1. The minimum atomic E-state index is -1.26. The third-order valence-electron chi connectivity index (χ3n) is 6.00. The largest absolute Gasteiger partial charge is 0.481 e. The number of unbranched alkanes of at least 4 members (excludes halogenated alkanes) is 1. The maximum atomic E-state index is 13.0. The van der Waals surface area contributed by atoms with Crippen LogP contribution in [0.4, 0.5) is 0 Å². The lowest BCUT2D eigenvalue weighted by molar-refractivity contribution is -0.154. The molecule has 1 saturated heterocycles. The number of amides is 3. The van der Waals surface area contributed by atoms with Crippen LogP contribution in [0.25, 0.3) is 0 Å². The highest BCUT2D eigenvalue weighted by molar-refractivity contribution is 7.07. The number of aliphatic carboxylic acids is 1. The lowest BCUT2D eigenvalue weighted by Crippen LogP contribution is -2.56. The Labute approximate surface area is 219 Å². The van der Waals surface area contributed by atoms with Crippen molar-refractivity contribution in [3.05, 3.63) is 16.6 Å². The first kappa shape index (κ1) is 30.2. The standard InChI is InChI=1S/C24H36N4O8S/c1-13(2)22-18(29)10-21(33)36-16(6-4-5-7-20(31)32)9-19(30)27-17(8-15-11-37-12-25-15)24(35)26-14(3)23(34)28-22/h11-14,16-18,22,29H,4-10H2,1-3H3,(H,26,35)(H,27,30)(H,28,34)(H,31,32). The normalized spacial score (nSPS) is 26.4. The van der Waals surface area contributed by atoms with Crippen LogP contribution in [0.2, 0.25) is 0 Å². The number of nitrogens with one attached hydrogen (secondary N) is 3. The lowest BCUT2D eigenvalue weighted by Gasteiger charge is -2.29. The fourth-order valence-corrected chi connectivity index (χ4v) is 4.55. The Hall–Kier alpha value is -3.06. The molecule has 2 rings (SSSR count). The molecule has 0 saturated carbocycles. The molecule has 1 aromatic heterocycles. The van der Waals surface area contributed by atoms with E-state index in [1.807, 2.05) is 0 Å². The first-order valence-corrected chi connectivity index (χ1v) is 13.3. The summed E-state index contributed by atoms with van der Waals surface area (Å²) in [5.41, 5.74) is 2.18. The number of aliphatic hydroxyl groups is 1. The van der Waals surface area contributed by atoms with E-state index in [2.05, 4.69) is 20.9 Å². The molecule has 13 heteroatoms. The summed E-state index contributed by atoms with van der Waals surface area (Å²) in [5, 5.41) is 29.2. The van der Waals surface area contributed by atoms with Gasteiger partial charge in [-0.15, -0.1) is 11.3 Å². The Kier molecular flexibility index (Phi) is 11.9. The van der Waals surface area contributed by atoms with Gasteiger partial charge in [-0.1, -0.05) is 13.8 Å². The van der Waals surface area contributed by atoms with E-state index in [1.165, 1.54) is 18.3 Å². The predicted octanol–water partition coefficient (Wildman–Crippen LogP) is 0.527. The molecule has 0 radical (unpaired) electrons. The summed E-state index contributed by atoms with van der Waals surface area (Å²) < 4.78 is 5.49. The average molecular weight is 541 g/mol. The third kappa shape index (κ3) is 10.4. The van der Waals surface area contributed by atoms with Gasteiger partial charge in [0.2, 0.25) is 17.7 Å². The first-order valence-electron chi connectivity index (χ1n) is 12.3. The monoisotopic (exact) mass is 540 g/mol. The molecule has 0 aromatic carbocycles. The molecular weight excluding hydrogens is 504 g/mol. The molecule has 5 atom stereocenters. The highest BCUT2D eigenvalue weighted by Gasteiger charge is 2.32. The van der Waals surface area contributed by atoms with E-state index in [1.54, 1.807) is 24.7 Å². The summed E-state index contributed by atoms with van der Waals surface area (Å²) in [6, 6.07) is -2.80. The number of aliphatic hydroxyl groups excluding tert-OH is 1.